The summed E-state index contributed by atoms with van der Waals surface area (Å²) < 4.78 is 5.52. The van der Waals surface area contributed by atoms with Gasteiger partial charge in [0.25, 0.3) is 0 Å². The van der Waals surface area contributed by atoms with Gasteiger partial charge in [-0.25, -0.2) is 0 Å². The SMILES string of the molecule is CCNC(c1ccccc1)C(CC)N1CCC(OC)C1. The van der Waals surface area contributed by atoms with E-state index in [-0.39, 0.29) is 0 Å². The van der Waals surface area contributed by atoms with Crippen LogP contribution in [-0.4, -0.2) is 43.8 Å². The molecule has 0 aromatic heterocycles. The Morgan fingerprint density at radius 3 is 2.60 bits per heavy atom. The van der Waals surface area contributed by atoms with Crippen LogP contribution in [0.2, 0.25) is 0 Å². The van der Waals surface area contributed by atoms with Crippen molar-refractivity contribution in [2.24, 2.45) is 0 Å². The van der Waals surface area contributed by atoms with Gasteiger partial charge in [-0.05, 0) is 24.9 Å². The van der Waals surface area contributed by atoms with Crippen molar-refractivity contribution in [2.45, 2.75) is 44.9 Å². The van der Waals surface area contributed by atoms with E-state index < -0.39 is 0 Å². The molecule has 0 radical (unpaired) electrons. The summed E-state index contributed by atoms with van der Waals surface area (Å²) in [6.45, 7) is 7.68. The van der Waals surface area contributed by atoms with Gasteiger partial charge in [0.15, 0.2) is 0 Å². The summed E-state index contributed by atoms with van der Waals surface area (Å²) >= 11 is 0. The molecule has 1 aliphatic heterocycles. The third kappa shape index (κ3) is 3.60. The van der Waals surface area contributed by atoms with Crippen molar-refractivity contribution in [2.75, 3.05) is 26.7 Å². The molecule has 20 heavy (non-hydrogen) atoms. The highest BCUT2D eigenvalue weighted by atomic mass is 16.5. The minimum Gasteiger partial charge on any atom is -0.380 e. The number of ether oxygens (including phenoxy) is 1. The molecule has 112 valence electrons. The Kier molecular flexibility index (Phi) is 6.02. The Morgan fingerprint density at radius 1 is 1.30 bits per heavy atom. The smallest absolute Gasteiger partial charge is 0.0710 e. The number of nitrogens with zero attached hydrogens (tertiary/aromatic N) is 1. The van der Waals surface area contributed by atoms with Crippen molar-refractivity contribution in [1.29, 1.82) is 0 Å². The molecule has 1 fully saturated rings. The second-order valence-corrected chi connectivity index (χ2v) is 5.56. The summed E-state index contributed by atoms with van der Waals surface area (Å²) in [4.78, 5) is 2.59. The lowest BCUT2D eigenvalue weighted by Crippen LogP contribution is -2.43. The Hall–Kier alpha value is -0.900. The Morgan fingerprint density at radius 2 is 2.05 bits per heavy atom. The quantitative estimate of drug-likeness (QED) is 0.829. The molecule has 1 aliphatic rings. The molecule has 1 heterocycles. The molecule has 1 aromatic rings. The normalized spacial score (nSPS) is 22.9. The summed E-state index contributed by atoms with van der Waals surface area (Å²) in [7, 11) is 1.83. The number of hydrogen-bond donors (Lipinski definition) is 1. The molecular formula is C17H28N2O. The minimum absolute atomic E-state index is 0.404. The second-order valence-electron chi connectivity index (χ2n) is 5.56. The summed E-state index contributed by atoms with van der Waals surface area (Å²) in [5.74, 6) is 0. The van der Waals surface area contributed by atoms with E-state index in [4.69, 9.17) is 4.74 Å². The van der Waals surface area contributed by atoms with Gasteiger partial charge in [-0.15, -0.1) is 0 Å². The standard InChI is InChI=1S/C17H28N2O/c1-4-16(19-12-11-15(13-19)20-3)17(18-5-2)14-9-7-6-8-10-14/h6-10,15-18H,4-5,11-13H2,1-3H3. The van der Waals surface area contributed by atoms with Crippen LogP contribution in [0.15, 0.2) is 30.3 Å². The number of hydrogen-bond acceptors (Lipinski definition) is 3. The molecule has 1 aromatic carbocycles. The van der Waals surface area contributed by atoms with Gasteiger partial charge >= 0.3 is 0 Å². The van der Waals surface area contributed by atoms with Gasteiger partial charge in [-0.1, -0.05) is 44.2 Å². The first-order valence-corrected chi connectivity index (χ1v) is 7.85. The fraction of sp³-hybridized carbons (Fsp3) is 0.647. The van der Waals surface area contributed by atoms with E-state index in [2.05, 4.69) is 54.4 Å². The van der Waals surface area contributed by atoms with Gasteiger partial charge in [0.2, 0.25) is 0 Å². The van der Waals surface area contributed by atoms with Crippen LogP contribution in [0, 0.1) is 0 Å². The predicted octanol–water partition coefficient (Wildman–Crippen LogP) is 2.84. The summed E-state index contributed by atoms with van der Waals surface area (Å²) in [6, 6.07) is 11.8. The Labute approximate surface area is 123 Å². The lowest BCUT2D eigenvalue weighted by molar-refractivity contribution is 0.0943. The van der Waals surface area contributed by atoms with Crippen LogP contribution >= 0.6 is 0 Å². The average molecular weight is 276 g/mol. The highest BCUT2D eigenvalue weighted by Crippen LogP contribution is 2.27. The van der Waals surface area contributed by atoms with Gasteiger partial charge in [0.05, 0.1) is 6.10 Å². The maximum atomic E-state index is 5.52. The van der Waals surface area contributed by atoms with E-state index in [1.54, 1.807) is 0 Å². The fourth-order valence-corrected chi connectivity index (χ4v) is 3.31. The van der Waals surface area contributed by atoms with Gasteiger partial charge < -0.3 is 10.1 Å². The van der Waals surface area contributed by atoms with Crippen molar-refractivity contribution < 1.29 is 4.74 Å². The second kappa shape index (κ2) is 7.77. The number of methoxy groups -OCH3 is 1. The molecule has 3 atom stereocenters. The monoisotopic (exact) mass is 276 g/mol. The number of benzene rings is 1. The molecule has 0 spiro atoms. The maximum Gasteiger partial charge on any atom is 0.0710 e. The van der Waals surface area contributed by atoms with Gasteiger partial charge in [0, 0.05) is 32.3 Å². The predicted molar refractivity (Wildman–Crippen MR) is 83.9 cm³/mol. The molecule has 1 N–H and O–H groups in total. The van der Waals surface area contributed by atoms with Crippen LogP contribution in [0.3, 0.4) is 0 Å². The summed E-state index contributed by atoms with van der Waals surface area (Å²) in [5.41, 5.74) is 1.39. The fourth-order valence-electron chi connectivity index (χ4n) is 3.31. The Balaban J connectivity index is 2.13. The lowest BCUT2D eigenvalue weighted by Gasteiger charge is -2.35. The Bertz CT molecular complexity index is 382. The minimum atomic E-state index is 0.404. The van der Waals surface area contributed by atoms with Crippen molar-refractivity contribution in [3.05, 3.63) is 35.9 Å². The van der Waals surface area contributed by atoms with E-state index >= 15 is 0 Å². The van der Waals surface area contributed by atoms with E-state index in [0.717, 1.165) is 32.5 Å². The first-order chi connectivity index (χ1) is 9.80. The first-order valence-electron chi connectivity index (χ1n) is 7.85. The van der Waals surface area contributed by atoms with Gasteiger partial charge in [0.1, 0.15) is 0 Å². The molecule has 3 heteroatoms. The lowest BCUT2D eigenvalue weighted by atomic mass is 9.96. The number of rotatable bonds is 7. The van der Waals surface area contributed by atoms with E-state index in [1.807, 2.05) is 7.11 Å². The highest BCUT2D eigenvalue weighted by molar-refractivity contribution is 5.21. The number of likely N-dealkylation sites (tertiary alicyclic amines) is 1. The molecular weight excluding hydrogens is 248 g/mol. The molecule has 2 rings (SSSR count). The average Bonchev–Trinajstić information content (AvgIpc) is 2.97. The number of likely N-dealkylation sites (N-methyl/N-ethyl adjacent to an activating group) is 1. The van der Waals surface area contributed by atoms with Crippen molar-refractivity contribution in [3.63, 3.8) is 0 Å². The van der Waals surface area contributed by atoms with Crippen molar-refractivity contribution in [3.8, 4) is 0 Å². The first kappa shape index (κ1) is 15.5. The van der Waals surface area contributed by atoms with Crippen LogP contribution in [0.4, 0.5) is 0 Å². The van der Waals surface area contributed by atoms with Gasteiger partial charge in [-0.2, -0.15) is 0 Å². The summed E-state index contributed by atoms with van der Waals surface area (Å²) in [5, 5.41) is 3.68. The largest absolute Gasteiger partial charge is 0.380 e. The molecule has 3 unspecified atom stereocenters. The topological polar surface area (TPSA) is 24.5 Å². The molecule has 0 bridgehead atoms. The third-order valence-corrected chi connectivity index (χ3v) is 4.36. The molecule has 1 saturated heterocycles. The van der Waals surface area contributed by atoms with E-state index in [1.165, 1.54) is 5.56 Å². The molecule has 0 saturated carbocycles. The molecule has 0 amide bonds. The molecule has 3 nitrogen and oxygen atoms in total. The third-order valence-electron chi connectivity index (χ3n) is 4.36. The zero-order chi connectivity index (χ0) is 14.4. The highest BCUT2D eigenvalue weighted by Gasteiger charge is 2.32. The molecule has 0 aliphatic carbocycles. The zero-order valence-electron chi connectivity index (χ0n) is 13.0. The van der Waals surface area contributed by atoms with Crippen LogP contribution in [0.1, 0.15) is 38.3 Å². The van der Waals surface area contributed by atoms with E-state index in [0.29, 0.717) is 18.2 Å². The maximum absolute atomic E-state index is 5.52. The van der Waals surface area contributed by atoms with Crippen LogP contribution in [0.5, 0.6) is 0 Å². The zero-order valence-corrected chi connectivity index (χ0v) is 13.0. The van der Waals surface area contributed by atoms with Crippen LogP contribution < -0.4 is 5.32 Å². The van der Waals surface area contributed by atoms with Crippen LogP contribution in [0.25, 0.3) is 0 Å². The van der Waals surface area contributed by atoms with E-state index in [9.17, 15) is 0 Å². The van der Waals surface area contributed by atoms with Crippen molar-refractivity contribution >= 4 is 0 Å². The summed E-state index contributed by atoms with van der Waals surface area (Å²) in [6.07, 6.45) is 2.71. The number of nitrogens with one attached hydrogen (secondary N) is 1. The van der Waals surface area contributed by atoms with Gasteiger partial charge in [-0.3, -0.25) is 4.90 Å². The van der Waals surface area contributed by atoms with Crippen molar-refractivity contribution in [1.82, 2.24) is 10.2 Å². The van der Waals surface area contributed by atoms with Crippen LogP contribution in [-0.2, 0) is 4.74 Å².